The van der Waals surface area contributed by atoms with Gasteiger partial charge in [0.05, 0.1) is 18.8 Å². The molecule has 94 valence electrons. The van der Waals surface area contributed by atoms with E-state index in [9.17, 15) is 0 Å². The number of hydrogen-bond acceptors (Lipinski definition) is 4. The second-order valence-corrected chi connectivity index (χ2v) is 6.19. The highest BCUT2D eigenvalue weighted by Crippen LogP contribution is 2.27. The zero-order valence-corrected chi connectivity index (χ0v) is 11.5. The van der Waals surface area contributed by atoms with Crippen LogP contribution in [0.4, 0.5) is 0 Å². The fourth-order valence-electron chi connectivity index (χ4n) is 1.94. The van der Waals surface area contributed by atoms with Gasteiger partial charge in [-0.1, -0.05) is 25.6 Å². The lowest BCUT2D eigenvalue weighted by atomic mass is 10.1. The average molecular weight is 252 g/mol. The number of hydrogen-bond donors (Lipinski definition) is 1. The lowest BCUT2D eigenvalue weighted by Gasteiger charge is -2.14. The van der Waals surface area contributed by atoms with Crippen LogP contribution in [0.3, 0.4) is 0 Å². The van der Waals surface area contributed by atoms with Crippen molar-refractivity contribution in [2.24, 2.45) is 10.9 Å². The molecule has 0 aromatic carbocycles. The number of nitrogens with zero attached hydrogens (tertiary/aromatic N) is 1. The molecule has 0 saturated heterocycles. The van der Waals surface area contributed by atoms with E-state index in [4.69, 9.17) is 4.42 Å². The van der Waals surface area contributed by atoms with Crippen molar-refractivity contribution < 1.29 is 4.42 Å². The van der Waals surface area contributed by atoms with E-state index in [1.807, 2.05) is 23.9 Å². The zero-order valence-electron chi connectivity index (χ0n) is 10.6. The van der Waals surface area contributed by atoms with Gasteiger partial charge >= 0.3 is 0 Å². The molecule has 0 aliphatic carbocycles. The van der Waals surface area contributed by atoms with Crippen LogP contribution in [0, 0.1) is 5.92 Å². The fourth-order valence-corrected chi connectivity index (χ4v) is 3.28. The Morgan fingerprint density at radius 3 is 3.00 bits per heavy atom. The number of furan rings is 1. The Bertz CT molecular complexity index is 373. The van der Waals surface area contributed by atoms with Crippen molar-refractivity contribution in [2.75, 3.05) is 6.54 Å². The summed E-state index contributed by atoms with van der Waals surface area (Å²) in [6.07, 6.45) is 2.94. The Labute approximate surface area is 107 Å². The summed E-state index contributed by atoms with van der Waals surface area (Å²) >= 11 is 1.86. The summed E-state index contributed by atoms with van der Waals surface area (Å²) in [4.78, 5) is 4.55. The first-order chi connectivity index (χ1) is 8.15. The molecule has 0 amide bonds. The molecule has 1 N–H and O–H groups in total. The molecule has 1 aromatic heterocycles. The largest absolute Gasteiger partial charge is 0.467 e. The molecule has 2 atom stereocenters. The Morgan fingerprint density at radius 1 is 1.53 bits per heavy atom. The molecule has 1 aliphatic rings. The minimum absolute atomic E-state index is 0.189. The molecule has 0 bridgehead atoms. The summed E-state index contributed by atoms with van der Waals surface area (Å²) in [5, 5.41) is 5.10. The summed E-state index contributed by atoms with van der Waals surface area (Å²) in [5.41, 5.74) is 0. The molecule has 0 fully saturated rings. The third kappa shape index (κ3) is 3.53. The van der Waals surface area contributed by atoms with Crippen molar-refractivity contribution in [3.05, 3.63) is 24.2 Å². The number of aliphatic imine (C=N–C) groups is 1. The molecular formula is C13H20N2OS. The second kappa shape index (κ2) is 5.63. The van der Waals surface area contributed by atoms with Crippen molar-refractivity contribution in [3.8, 4) is 0 Å². The van der Waals surface area contributed by atoms with Gasteiger partial charge in [-0.15, -0.1) is 0 Å². The van der Waals surface area contributed by atoms with Crippen LogP contribution in [0.1, 0.15) is 39.0 Å². The van der Waals surface area contributed by atoms with Gasteiger partial charge in [-0.05, 0) is 31.4 Å². The average Bonchev–Trinajstić information content (AvgIpc) is 2.87. The first kappa shape index (κ1) is 12.6. The van der Waals surface area contributed by atoms with E-state index in [2.05, 4.69) is 31.1 Å². The van der Waals surface area contributed by atoms with Crippen molar-refractivity contribution in [2.45, 2.75) is 38.5 Å². The number of amidine groups is 1. The van der Waals surface area contributed by atoms with E-state index in [1.54, 1.807) is 6.26 Å². The van der Waals surface area contributed by atoms with Gasteiger partial charge in [0.25, 0.3) is 0 Å². The maximum absolute atomic E-state index is 5.37. The van der Waals surface area contributed by atoms with Gasteiger partial charge in [0, 0.05) is 5.25 Å². The third-order valence-corrected chi connectivity index (χ3v) is 3.91. The highest BCUT2D eigenvalue weighted by atomic mass is 32.2. The highest BCUT2D eigenvalue weighted by molar-refractivity contribution is 8.14. The van der Waals surface area contributed by atoms with Crippen LogP contribution < -0.4 is 5.32 Å². The van der Waals surface area contributed by atoms with Crippen LogP contribution in [-0.4, -0.2) is 17.0 Å². The summed E-state index contributed by atoms with van der Waals surface area (Å²) in [5.74, 6) is 1.70. The highest BCUT2D eigenvalue weighted by Gasteiger charge is 2.22. The molecule has 1 aliphatic heterocycles. The lowest BCUT2D eigenvalue weighted by molar-refractivity contribution is 0.464. The van der Waals surface area contributed by atoms with Gasteiger partial charge in [0.1, 0.15) is 5.76 Å². The van der Waals surface area contributed by atoms with E-state index in [0.29, 0.717) is 5.25 Å². The quantitative estimate of drug-likeness (QED) is 0.892. The van der Waals surface area contributed by atoms with E-state index >= 15 is 0 Å². The van der Waals surface area contributed by atoms with Crippen molar-refractivity contribution in [1.29, 1.82) is 0 Å². The van der Waals surface area contributed by atoms with Crippen LogP contribution in [-0.2, 0) is 0 Å². The standard InChI is InChI=1S/C13H20N2OS/c1-9(2)7-11-8-14-13(17-11)15-10(3)12-5-4-6-16-12/h4-6,9-11H,7-8H2,1-3H3,(H,14,15). The third-order valence-electron chi connectivity index (χ3n) is 2.76. The molecular weight excluding hydrogens is 232 g/mol. The maximum Gasteiger partial charge on any atom is 0.157 e. The predicted molar refractivity (Wildman–Crippen MR) is 73.4 cm³/mol. The van der Waals surface area contributed by atoms with Crippen molar-refractivity contribution >= 4 is 16.9 Å². The molecule has 1 aromatic rings. The minimum Gasteiger partial charge on any atom is -0.467 e. The lowest BCUT2D eigenvalue weighted by Crippen LogP contribution is -2.23. The SMILES string of the molecule is CC(C)CC1CN=C(NC(C)c2ccco2)S1. The van der Waals surface area contributed by atoms with Gasteiger partial charge in [0.2, 0.25) is 0 Å². The summed E-state index contributed by atoms with van der Waals surface area (Å²) in [6.45, 7) is 7.56. The molecule has 0 spiro atoms. The zero-order chi connectivity index (χ0) is 12.3. The first-order valence-electron chi connectivity index (χ1n) is 6.16. The smallest absolute Gasteiger partial charge is 0.157 e. The number of thioether (sulfide) groups is 1. The molecule has 0 radical (unpaired) electrons. The Morgan fingerprint density at radius 2 is 2.35 bits per heavy atom. The Hall–Kier alpha value is -0.900. The molecule has 2 unspecified atom stereocenters. The molecule has 0 saturated carbocycles. The van der Waals surface area contributed by atoms with Crippen LogP contribution >= 0.6 is 11.8 Å². The van der Waals surface area contributed by atoms with Gasteiger partial charge in [-0.25, -0.2) is 0 Å². The summed E-state index contributed by atoms with van der Waals surface area (Å²) < 4.78 is 5.37. The fraction of sp³-hybridized carbons (Fsp3) is 0.615. The topological polar surface area (TPSA) is 37.5 Å². The molecule has 2 heterocycles. The predicted octanol–water partition coefficient (Wildman–Crippen LogP) is 3.45. The summed E-state index contributed by atoms with van der Waals surface area (Å²) in [6, 6.07) is 4.09. The minimum atomic E-state index is 0.189. The van der Waals surface area contributed by atoms with Crippen LogP contribution in [0.2, 0.25) is 0 Å². The molecule has 2 rings (SSSR count). The molecule has 4 heteroatoms. The molecule has 17 heavy (non-hydrogen) atoms. The van der Waals surface area contributed by atoms with Gasteiger partial charge < -0.3 is 9.73 Å². The van der Waals surface area contributed by atoms with E-state index in [0.717, 1.165) is 23.4 Å². The Kier molecular flexibility index (Phi) is 4.15. The Balaban J connectivity index is 1.81. The second-order valence-electron chi connectivity index (χ2n) is 4.90. The monoisotopic (exact) mass is 252 g/mol. The van der Waals surface area contributed by atoms with Crippen molar-refractivity contribution in [3.63, 3.8) is 0 Å². The van der Waals surface area contributed by atoms with E-state index < -0.39 is 0 Å². The van der Waals surface area contributed by atoms with Gasteiger partial charge in [-0.3, -0.25) is 4.99 Å². The van der Waals surface area contributed by atoms with Crippen LogP contribution in [0.15, 0.2) is 27.8 Å². The maximum atomic E-state index is 5.37. The normalized spacial score (nSPS) is 21.6. The summed E-state index contributed by atoms with van der Waals surface area (Å²) in [7, 11) is 0. The van der Waals surface area contributed by atoms with E-state index in [1.165, 1.54) is 6.42 Å². The van der Waals surface area contributed by atoms with E-state index in [-0.39, 0.29) is 6.04 Å². The molecule has 3 nitrogen and oxygen atoms in total. The van der Waals surface area contributed by atoms with Gasteiger partial charge in [-0.2, -0.15) is 0 Å². The number of rotatable bonds is 4. The van der Waals surface area contributed by atoms with Gasteiger partial charge in [0.15, 0.2) is 5.17 Å². The van der Waals surface area contributed by atoms with Crippen LogP contribution in [0.5, 0.6) is 0 Å². The number of nitrogens with one attached hydrogen (secondary N) is 1. The first-order valence-corrected chi connectivity index (χ1v) is 7.04. The van der Waals surface area contributed by atoms with Crippen LogP contribution in [0.25, 0.3) is 0 Å². The van der Waals surface area contributed by atoms with Crippen molar-refractivity contribution in [1.82, 2.24) is 5.32 Å².